The van der Waals surface area contributed by atoms with Crippen LogP contribution in [0.2, 0.25) is 0 Å². The molecule has 0 N–H and O–H groups in total. The van der Waals surface area contributed by atoms with Gasteiger partial charge in [-0.15, -0.1) is 0 Å². The van der Waals surface area contributed by atoms with Gasteiger partial charge in [-0.25, -0.2) is 20.1 Å². The Morgan fingerprint density at radius 1 is 0.872 bits per heavy atom. The van der Waals surface area contributed by atoms with E-state index in [1.807, 2.05) is 67.1 Å². The Morgan fingerprint density at radius 2 is 1.38 bits per heavy atom. The maximum Gasteiger partial charge on any atom is 0.260 e. The van der Waals surface area contributed by atoms with E-state index in [1.54, 1.807) is 64.4 Å². The summed E-state index contributed by atoms with van der Waals surface area (Å²) >= 11 is 0. The van der Waals surface area contributed by atoms with Crippen molar-refractivity contribution in [2.75, 3.05) is 7.11 Å². The van der Waals surface area contributed by atoms with E-state index in [0.29, 0.717) is 5.76 Å². The van der Waals surface area contributed by atoms with Gasteiger partial charge in [0.1, 0.15) is 12.4 Å². The minimum Gasteiger partial charge on any atom is -0.425 e. The quantitative estimate of drug-likeness (QED) is 0.188. The first kappa shape index (κ1) is 32.7. The smallest absolute Gasteiger partial charge is 0.260 e. The van der Waals surface area contributed by atoms with Gasteiger partial charge in [-0.1, -0.05) is 36.4 Å². The fourth-order valence-electron chi connectivity index (χ4n) is 3.10. The molecule has 0 saturated carbocycles. The summed E-state index contributed by atoms with van der Waals surface area (Å²) in [6.07, 6.45) is 17.1. The second kappa shape index (κ2) is 18.8. The van der Waals surface area contributed by atoms with E-state index >= 15 is 0 Å². The molecule has 1 amide bonds. The van der Waals surface area contributed by atoms with E-state index in [2.05, 4.69) is 28.6 Å². The van der Waals surface area contributed by atoms with Gasteiger partial charge in [0.15, 0.2) is 0 Å². The van der Waals surface area contributed by atoms with Crippen LogP contribution in [-0.4, -0.2) is 54.3 Å². The summed E-state index contributed by atoms with van der Waals surface area (Å²) in [7, 11) is 1.36. The van der Waals surface area contributed by atoms with Crippen molar-refractivity contribution in [1.82, 2.24) is 34.0 Å². The molecule has 12 nitrogen and oxygen atoms in total. The summed E-state index contributed by atoms with van der Waals surface area (Å²) in [6, 6.07) is 15.2. The van der Waals surface area contributed by atoms with Gasteiger partial charge in [0.05, 0.1) is 19.7 Å². The summed E-state index contributed by atoms with van der Waals surface area (Å²) in [5, 5.41) is 12.7. The number of methoxy groups -OCH3 is 1. The third kappa shape index (κ3) is 10.1. The molecule has 0 spiro atoms. The van der Waals surface area contributed by atoms with Crippen LogP contribution >= 0.6 is 0 Å². The summed E-state index contributed by atoms with van der Waals surface area (Å²) < 4.78 is 30.6. The molecule has 14 heteroatoms. The van der Waals surface area contributed by atoms with Gasteiger partial charge in [0, 0.05) is 45.9 Å². The molecule has 198 valence electrons. The Kier molecular flexibility index (Phi) is 15.8. The maximum absolute atomic E-state index is 11.8. The fraction of sp³-hybridized carbons (Fsp3) is 0.0800. The van der Waals surface area contributed by atoms with Crippen molar-refractivity contribution in [1.29, 1.82) is 0 Å². The van der Waals surface area contributed by atoms with Crippen LogP contribution in [0.5, 0.6) is 0 Å². The van der Waals surface area contributed by atoms with E-state index in [9.17, 15) is 4.79 Å². The Balaban J connectivity index is 0.000000340. The van der Waals surface area contributed by atoms with E-state index in [1.165, 1.54) is 4.90 Å². The number of carbonyl (C=O) groups excluding carboxylic acids is 1. The molecule has 3 aromatic heterocycles. The van der Waals surface area contributed by atoms with Gasteiger partial charge in [-0.3, -0.25) is 4.90 Å². The molecule has 2 radical (unpaired) electrons. The number of amides is 1. The average molecular weight is 608 g/mol. The first-order valence-electron chi connectivity index (χ1n) is 10.9. The predicted molar refractivity (Wildman–Crippen MR) is 133 cm³/mol. The van der Waals surface area contributed by atoms with Gasteiger partial charge in [-0.2, -0.15) is 0 Å². The molecule has 1 aliphatic rings. The first-order chi connectivity index (χ1) is 18.7. The summed E-state index contributed by atoms with van der Waals surface area (Å²) in [4.78, 5) is 13.1. The van der Waals surface area contributed by atoms with Crippen molar-refractivity contribution in [3.05, 3.63) is 135 Å². The van der Waals surface area contributed by atoms with Crippen LogP contribution < -0.4 is 0 Å². The van der Waals surface area contributed by atoms with Crippen LogP contribution in [0.4, 0.5) is 4.79 Å². The zero-order valence-corrected chi connectivity index (χ0v) is 22.8. The molecule has 4 heterocycles. The molecule has 0 atom stereocenters. The monoisotopic (exact) mass is 610 g/mol. The number of allylic oxidation sites excluding steroid dienone is 1. The molecule has 0 fully saturated rings. The largest absolute Gasteiger partial charge is 0.425 e. The SMILES string of the molecule is COC1=CN(C(=O)OCc2ccccc2)C=C[CH]1.[C-]#[O+].[C-]#[O+].[Mo].c1cnn([B-](n2cccn2)n2cccn2)c1. The molecule has 4 aromatic rings. The minimum atomic E-state index is -0.433. The van der Waals surface area contributed by atoms with Gasteiger partial charge in [-0.05, 0) is 42.4 Å². The van der Waals surface area contributed by atoms with Crippen molar-refractivity contribution in [2.24, 2.45) is 0 Å². The van der Waals surface area contributed by atoms with Gasteiger partial charge >= 0.3 is 28.7 Å². The number of nitrogens with zero attached hydrogens (tertiary/aromatic N) is 7. The standard InChI is InChI=1S/C14H14NO3.C9H9BN6.2CO.Mo/c1-17-13-8-5-9-15(10-13)14(16)18-11-12-6-3-2-4-7-12;1-4-11-14(7-1)10(15-8-2-5-12-15)16-9-3-6-13-16;2*1-2;/h2-10H,11H2,1H3;1-9H;;;/q;-1;;;. The Bertz CT molecular complexity index is 1210. The third-order valence-electron chi connectivity index (χ3n) is 4.71. The predicted octanol–water partition coefficient (Wildman–Crippen LogP) is 2.97. The zero-order chi connectivity index (χ0) is 27.6. The van der Waals surface area contributed by atoms with Crippen LogP contribution in [-0.2, 0) is 46.5 Å². The second-order valence-electron chi connectivity index (χ2n) is 7.00. The van der Waals surface area contributed by atoms with Crippen molar-refractivity contribution in [2.45, 2.75) is 6.61 Å². The van der Waals surface area contributed by atoms with Crippen molar-refractivity contribution < 1.29 is 44.6 Å². The first-order valence-corrected chi connectivity index (χ1v) is 10.9. The Labute approximate surface area is 240 Å². The van der Waals surface area contributed by atoms with E-state index in [4.69, 9.17) is 18.8 Å². The van der Waals surface area contributed by atoms with Crippen LogP contribution in [0.15, 0.2) is 110 Å². The average Bonchev–Trinajstić information content (AvgIpc) is 3.81. The fourth-order valence-corrected chi connectivity index (χ4v) is 3.10. The van der Waals surface area contributed by atoms with Gasteiger partial charge < -0.3 is 23.3 Å². The van der Waals surface area contributed by atoms with Crippen LogP contribution in [0, 0.1) is 19.7 Å². The van der Waals surface area contributed by atoms with Crippen molar-refractivity contribution in [3.63, 3.8) is 0 Å². The van der Waals surface area contributed by atoms with Crippen LogP contribution in [0.1, 0.15) is 5.56 Å². The molecule has 1 aromatic carbocycles. The molecular weight excluding hydrogens is 585 g/mol. The summed E-state index contributed by atoms with van der Waals surface area (Å²) in [6.45, 7) is 9.25. The number of benzene rings is 1. The zero-order valence-electron chi connectivity index (χ0n) is 20.8. The maximum atomic E-state index is 11.8. The van der Waals surface area contributed by atoms with Crippen LogP contribution in [0.3, 0.4) is 0 Å². The molecule has 0 saturated heterocycles. The van der Waals surface area contributed by atoms with Gasteiger partial charge in [0.25, 0.3) is 7.12 Å². The molecule has 0 bridgehead atoms. The molecule has 39 heavy (non-hydrogen) atoms. The second-order valence-corrected chi connectivity index (χ2v) is 7.00. The van der Waals surface area contributed by atoms with E-state index < -0.39 is 6.09 Å². The molecule has 0 aliphatic carbocycles. The Hall–Kier alpha value is -4.37. The van der Waals surface area contributed by atoms with Crippen LogP contribution in [0.25, 0.3) is 0 Å². The Morgan fingerprint density at radius 3 is 1.82 bits per heavy atom. The molecule has 5 rings (SSSR count). The molecule has 1 aliphatic heterocycles. The minimum absolute atomic E-state index is 0. The number of hydrogen-bond acceptors (Lipinski definition) is 6. The normalized spacial score (nSPS) is 11.1. The molecular formula is C25H23BMoN7O5-. The number of hydrogen-bond donors (Lipinski definition) is 0. The number of ether oxygens (including phenoxy) is 2. The summed E-state index contributed by atoms with van der Waals surface area (Å²) in [5.41, 5.74) is 0.953. The van der Waals surface area contributed by atoms with Crippen molar-refractivity contribution >= 4 is 13.2 Å². The van der Waals surface area contributed by atoms with E-state index in [0.717, 1.165) is 5.56 Å². The summed E-state index contributed by atoms with van der Waals surface area (Å²) in [5.74, 6) is 0.606. The van der Waals surface area contributed by atoms with E-state index in [-0.39, 0.29) is 34.8 Å². The topological polar surface area (TPSA) is 132 Å². The number of rotatable bonds is 6. The van der Waals surface area contributed by atoms with Gasteiger partial charge in [0.2, 0.25) is 0 Å². The number of carbonyl (C=O) groups is 1. The third-order valence-corrected chi connectivity index (χ3v) is 4.71. The van der Waals surface area contributed by atoms with Crippen molar-refractivity contribution in [3.8, 4) is 0 Å². The molecule has 0 unspecified atom stereocenters. The number of aromatic nitrogens is 6.